The van der Waals surface area contributed by atoms with Crippen LogP contribution in [0.2, 0.25) is 0 Å². The van der Waals surface area contributed by atoms with Crippen LogP contribution in [0.25, 0.3) is 0 Å². The molecule has 0 radical (unpaired) electrons. The molecule has 2 rings (SSSR count). The summed E-state index contributed by atoms with van der Waals surface area (Å²) in [7, 11) is 0. The van der Waals surface area contributed by atoms with Crippen LogP contribution in [0.5, 0.6) is 0 Å². The lowest BCUT2D eigenvalue weighted by atomic mass is 10.2. The van der Waals surface area contributed by atoms with Gasteiger partial charge in [0.05, 0.1) is 5.56 Å². The van der Waals surface area contributed by atoms with Gasteiger partial charge >= 0.3 is 12.1 Å². The van der Waals surface area contributed by atoms with Gasteiger partial charge in [0.1, 0.15) is 12.2 Å². The SMILES string of the molecule is CC(C)(C)OC(=O)NCCC(=O)Nc1cccc(C(=O)OCc2ccccc2)c1. The smallest absolute Gasteiger partial charge is 0.407 e. The first kappa shape index (κ1) is 21.9. The summed E-state index contributed by atoms with van der Waals surface area (Å²) in [6.45, 7) is 5.59. The third-order valence-electron chi connectivity index (χ3n) is 3.62. The topological polar surface area (TPSA) is 93.7 Å². The fourth-order valence-electron chi connectivity index (χ4n) is 2.35. The number of anilines is 1. The zero-order valence-electron chi connectivity index (χ0n) is 16.9. The number of alkyl carbamates (subject to hydrolysis) is 1. The van der Waals surface area contributed by atoms with Gasteiger partial charge in [0.15, 0.2) is 0 Å². The van der Waals surface area contributed by atoms with Crippen molar-refractivity contribution in [1.29, 1.82) is 0 Å². The van der Waals surface area contributed by atoms with Gasteiger partial charge in [0, 0.05) is 18.7 Å². The number of rotatable bonds is 7. The minimum atomic E-state index is -0.595. The molecule has 0 spiro atoms. The Kier molecular flexibility index (Phi) is 7.77. The van der Waals surface area contributed by atoms with Crippen molar-refractivity contribution in [2.45, 2.75) is 39.4 Å². The van der Waals surface area contributed by atoms with E-state index in [1.807, 2.05) is 30.3 Å². The number of carbonyl (C=O) groups is 3. The Morgan fingerprint density at radius 3 is 2.38 bits per heavy atom. The van der Waals surface area contributed by atoms with Crippen LogP contribution in [0.15, 0.2) is 54.6 Å². The Hall–Kier alpha value is -3.35. The maximum Gasteiger partial charge on any atom is 0.407 e. The van der Waals surface area contributed by atoms with E-state index in [4.69, 9.17) is 9.47 Å². The molecule has 0 aliphatic rings. The molecule has 0 aliphatic heterocycles. The Morgan fingerprint density at radius 1 is 0.966 bits per heavy atom. The van der Waals surface area contributed by atoms with E-state index < -0.39 is 17.7 Å². The van der Waals surface area contributed by atoms with Gasteiger partial charge < -0.3 is 20.1 Å². The van der Waals surface area contributed by atoms with Crippen LogP contribution < -0.4 is 10.6 Å². The molecule has 0 saturated carbocycles. The summed E-state index contributed by atoms with van der Waals surface area (Å²) in [5, 5.41) is 5.22. The Morgan fingerprint density at radius 2 is 1.69 bits per heavy atom. The first-order valence-electron chi connectivity index (χ1n) is 9.31. The molecule has 2 N–H and O–H groups in total. The van der Waals surface area contributed by atoms with Crippen LogP contribution in [0.4, 0.5) is 10.5 Å². The van der Waals surface area contributed by atoms with Crippen LogP contribution in [0.1, 0.15) is 43.1 Å². The van der Waals surface area contributed by atoms with Crippen LogP contribution in [0, 0.1) is 0 Å². The van der Waals surface area contributed by atoms with E-state index >= 15 is 0 Å². The third-order valence-corrected chi connectivity index (χ3v) is 3.62. The standard InChI is InChI=1S/C22H26N2O5/c1-22(2,3)29-21(27)23-13-12-19(25)24-18-11-7-10-17(14-18)20(26)28-15-16-8-5-4-6-9-16/h4-11,14H,12-13,15H2,1-3H3,(H,23,27)(H,24,25). The molecule has 0 aliphatic carbocycles. The van der Waals surface area contributed by atoms with Gasteiger partial charge in [-0.25, -0.2) is 9.59 Å². The molecule has 7 nitrogen and oxygen atoms in total. The van der Waals surface area contributed by atoms with E-state index in [-0.39, 0.29) is 25.5 Å². The Labute approximate surface area is 170 Å². The lowest BCUT2D eigenvalue weighted by molar-refractivity contribution is -0.116. The lowest BCUT2D eigenvalue weighted by Gasteiger charge is -2.19. The van der Waals surface area contributed by atoms with Crippen molar-refractivity contribution in [1.82, 2.24) is 5.32 Å². The lowest BCUT2D eigenvalue weighted by Crippen LogP contribution is -2.34. The molecule has 0 heterocycles. The average molecular weight is 398 g/mol. The summed E-state index contributed by atoms with van der Waals surface area (Å²) in [5.74, 6) is -0.771. The van der Waals surface area contributed by atoms with E-state index in [0.717, 1.165) is 5.56 Å². The zero-order chi connectivity index (χ0) is 21.3. The second-order valence-corrected chi connectivity index (χ2v) is 7.37. The molecule has 0 unspecified atom stereocenters. The van der Waals surface area contributed by atoms with Crippen molar-refractivity contribution >= 4 is 23.7 Å². The molecular weight excluding hydrogens is 372 g/mol. The fourth-order valence-corrected chi connectivity index (χ4v) is 2.35. The van der Waals surface area contributed by atoms with E-state index in [2.05, 4.69) is 10.6 Å². The minimum Gasteiger partial charge on any atom is -0.457 e. The molecule has 2 aromatic carbocycles. The van der Waals surface area contributed by atoms with Gasteiger partial charge in [0.25, 0.3) is 0 Å². The largest absolute Gasteiger partial charge is 0.457 e. The first-order valence-corrected chi connectivity index (χ1v) is 9.31. The van der Waals surface area contributed by atoms with Crippen LogP contribution in [-0.4, -0.2) is 30.1 Å². The van der Waals surface area contributed by atoms with E-state index in [0.29, 0.717) is 11.3 Å². The molecule has 29 heavy (non-hydrogen) atoms. The van der Waals surface area contributed by atoms with Gasteiger partial charge in [-0.15, -0.1) is 0 Å². The molecular formula is C22H26N2O5. The molecule has 154 valence electrons. The number of esters is 1. The number of nitrogens with one attached hydrogen (secondary N) is 2. The summed E-state index contributed by atoms with van der Waals surface area (Å²) in [6, 6.07) is 15.9. The average Bonchev–Trinajstić information content (AvgIpc) is 2.65. The molecule has 0 bridgehead atoms. The van der Waals surface area contributed by atoms with Crippen molar-refractivity contribution in [2.24, 2.45) is 0 Å². The van der Waals surface area contributed by atoms with Gasteiger partial charge in [0.2, 0.25) is 5.91 Å². The highest BCUT2D eigenvalue weighted by Gasteiger charge is 2.16. The number of ether oxygens (including phenoxy) is 2. The van der Waals surface area contributed by atoms with Gasteiger partial charge in [-0.1, -0.05) is 36.4 Å². The highest BCUT2D eigenvalue weighted by atomic mass is 16.6. The van der Waals surface area contributed by atoms with Crippen molar-refractivity contribution in [3.8, 4) is 0 Å². The molecule has 0 atom stereocenters. The molecule has 0 saturated heterocycles. The van der Waals surface area contributed by atoms with Gasteiger partial charge in [-0.3, -0.25) is 4.79 Å². The van der Waals surface area contributed by atoms with Crippen molar-refractivity contribution in [3.05, 3.63) is 65.7 Å². The summed E-state index contributed by atoms with van der Waals surface area (Å²) in [4.78, 5) is 35.8. The maximum atomic E-state index is 12.2. The number of carbonyl (C=O) groups excluding carboxylic acids is 3. The second kappa shape index (κ2) is 10.3. The Balaban J connectivity index is 1.80. The second-order valence-electron chi connectivity index (χ2n) is 7.37. The molecule has 0 aromatic heterocycles. The normalized spacial score (nSPS) is 10.7. The first-order chi connectivity index (χ1) is 13.7. The van der Waals surface area contributed by atoms with E-state index in [9.17, 15) is 14.4 Å². The fraction of sp³-hybridized carbons (Fsp3) is 0.318. The molecule has 7 heteroatoms. The molecule has 2 amide bonds. The van der Waals surface area contributed by atoms with Crippen molar-refractivity contribution in [2.75, 3.05) is 11.9 Å². The predicted octanol–water partition coefficient (Wildman–Crippen LogP) is 3.90. The number of amides is 2. The maximum absolute atomic E-state index is 12.2. The summed E-state index contributed by atoms with van der Waals surface area (Å²) in [6.07, 6.45) is -0.504. The minimum absolute atomic E-state index is 0.0714. The zero-order valence-corrected chi connectivity index (χ0v) is 16.9. The van der Waals surface area contributed by atoms with Gasteiger partial charge in [-0.2, -0.15) is 0 Å². The monoisotopic (exact) mass is 398 g/mol. The molecule has 0 fully saturated rings. The highest BCUT2D eigenvalue weighted by Crippen LogP contribution is 2.13. The van der Waals surface area contributed by atoms with Crippen LogP contribution >= 0.6 is 0 Å². The highest BCUT2D eigenvalue weighted by molar-refractivity contribution is 5.94. The quantitative estimate of drug-likeness (QED) is 0.690. The third kappa shape index (κ3) is 8.47. The number of hydrogen-bond donors (Lipinski definition) is 2. The number of hydrogen-bond acceptors (Lipinski definition) is 5. The van der Waals surface area contributed by atoms with Crippen molar-refractivity contribution < 1.29 is 23.9 Å². The van der Waals surface area contributed by atoms with Crippen molar-refractivity contribution in [3.63, 3.8) is 0 Å². The van der Waals surface area contributed by atoms with Crippen LogP contribution in [0.3, 0.4) is 0 Å². The predicted molar refractivity (Wildman–Crippen MR) is 109 cm³/mol. The van der Waals surface area contributed by atoms with E-state index in [1.165, 1.54) is 0 Å². The van der Waals surface area contributed by atoms with E-state index in [1.54, 1.807) is 45.0 Å². The summed E-state index contributed by atoms with van der Waals surface area (Å²) >= 11 is 0. The summed E-state index contributed by atoms with van der Waals surface area (Å²) < 4.78 is 10.4. The Bertz CT molecular complexity index is 844. The van der Waals surface area contributed by atoms with Gasteiger partial charge in [-0.05, 0) is 44.5 Å². The van der Waals surface area contributed by atoms with Crippen LogP contribution in [-0.2, 0) is 20.9 Å². The number of benzene rings is 2. The summed E-state index contributed by atoms with van der Waals surface area (Å²) in [5.41, 5.74) is 1.11. The molecule has 2 aromatic rings.